The molecule has 0 unspecified atom stereocenters. The minimum Gasteiger partial charge on any atom is -0.462 e. The standard InChI is InChI=1S/C19H29N3O2/c1-15(2)11-22(13-16-10-20-21(3)12-16)14-17-7-8-19(24-17)18-6-4-5-9-23-18/h7-8,10,12,15,18H,4-6,9,11,13-14H2,1-3H3/t18-/m1/s1. The molecule has 0 radical (unpaired) electrons. The van der Waals surface area contributed by atoms with Crippen molar-refractivity contribution in [3.05, 3.63) is 41.6 Å². The topological polar surface area (TPSA) is 43.4 Å². The lowest BCUT2D eigenvalue weighted by Crippen LogP contribution is -2.26. The van der Waals surface area contributed by atoms with Crippen molar-refractivity contribution in [1.29, 1.82) is 0 Å². The van der Waals surface area contributed by atoms with Gasteiger partial charge in [-0.05, 0) is 37.3 Å². The summed E-state index contributed by atoms with van der Waals surface area (Å²) >= 11 is 0. The van der Waals surface area contributed by atoms with E-state index in [1.807, 2.05) is 17.9 Å². The number of hydrogen-bond acceptors (Lipinski definition) is 4. The zero-order valence-electron chi connectivity index (χ0n) is 15.1. The molecule has 132 valence electrons. The van der Waals surface area contributed by atoms with Crippen molar-refractivity contribution in [2.75, 3.05) is 13.2 Å². The smallest absolute Gasteiger partial charge is 0.133 e. The molecule has 1 fully saturated rings. The lowest BCUT2D eigenvalue weighted by atomic mass is 10.1. The molecule has 0 aromatic carbocycles. The average molecular weight is 331 g/mol. The Morgan fingerprint density at radius 2 is 2.17 bits per heavy atom. The Morgan fingerprint density at radius 1 is 1.29 bits per heavy atom. The van der Waals surface area contributed by atoms with Gasteiger partial charge in [0.25, 0.3) is 0 Å². The first kappa shape index (κ1) is 17.2. The molecule has 1 saturated heterocycles. The zero-order valence-corrected chi connectivity index (χ0v) is 15.1. The summed E-state index contributed by atoms with van der Waals surface area (Å²) in [5, 5.41) is 4.27. The third-order valence-electron chi connectivity index (χ3n) is 4.35. The second-order valence-electron chi connectivity index (χ2n) is 7.25. The maximum Gasteiger partial charge on any atom is 0.133 e. The van der Waals surface area contributed by atoms with Crippen LogP contribution in [0.2, 0.25) is 0 Å². The monoisotopic (exact) mass is 331 g/mol. The van der Waals surface area contributed by atoms with Gasteiger partial charge in [-0.3, -0.25) is 9.58 Å². The molecule has 0 bridgehead atoms. The predicted molar refractivity (Wildman–Crippen MR) is 93.4 cm³/mol. The van der Waals surface area contributed by atoms with Crippen molar-refractivity contribution in [2.24, 2.45) is 13.0 Å². The van der Waals surface area contributed by atoms with Crippen LogP contribution in [-0.4, -0.2) is 27.8 Å². The number of aromatic nitrogens is 2. The Balaban J connectivity index is 1.64. The van der Waals surface area contributed by atoms with Crippen molar-refractivity contribution in [3.8, 4) is 0 Å². The molecular formula is C19H29N3O2. The van der Waals surface area contributed by atoms with Gasteiger partial charge in [0.15, 0.2) is 0 Å². The van der Waals surface area contributed by atoms with Crippen LogP contribution < -0.4 is 0 Å². The summed E-state index contributed by atoms with van der Waals surface area (Å²) in [6.45, 7) is 8.09. The number of rotatable bonds is 7. The summed E-state index contributed by atoms with van der Waals surface area (Å²) < 4.78 is 13.8. The summed E-state index contributed by atoms with van der Waals surface area (Å²) in [4.78, 5) is 2.42. The van der Waals surface area contributed by atoms with Gasteiger partial charge in [-0.1, -0.05) is 13.8 Å². The third kappa shape index (κ3) is 4.71. The van der Waals surface area contributed by atoms with Crippen LogP contribution >= 0.6 is 0 Å². The number of hydrogen-bond donors (Lipinski definition) is 0. The van der Waals surface area contributed by atoms with E-state index in [0.29, 0.717) is 5.92 Å². The third-order valence-corrected chi connectivity index (χ3v) is 4.35. The van der Waals surface area contributed by atoms with Crippen LogP contribution in [0.25, 0.3) is 0 Å². The highest BCUT2D eigenvalue weighted by molar-refractivity contribution is 5.11. The number of aryl methyl sites for hydroxylation is 1. The molecule has 0 amide bonds. The zero-order chi connectivity index (χ0) is 16.9. The summed E-state index contributed by atoms with van der Waals surface area (Å²) in [7, 11) is 1.96. The molecule has 1 aliphatic heterocycles. The van der Waals surface area contributed by atoms with E-state index in [0.717, 1.165) is 50.6 Å². The Hall–Kier alpha value is -1.59. The maximum atomic E-state index is 6.09. The highest BCUT2D eigenvalue weighted by Gasteiger charge is 2.20. The molecule has 5 nitrogen and oxygen atoms in total. The van der Waals surface area contributed by atoms with Crippen LogP contribution in [-0.2, 0) is 24.9 Å². The van der Waals surface area contributed by atoms with E-state index in [4.69, 9.17) is 9.15 Å². The molecule has 24 heavy (non-hydrogen) atoms. The van der Waals surface area contributed by atoms with Crippen LogP contribution in [0.5, 0.6) is 0 Å². The van der Waals surface area contributed by atoms with E-state index >= 15 is 0 Å². The van der Waals surface area contributed by atoms with Gasteiger partial charge in [-0.2, -0.15) is 5.10 Å². The van der Waals surface area contributed by atoms with E-state index in [9.17, 15) is 0 Å². The van der Waals surface area contributed by atoms with Gasteiger partial charge in [-0.25, -0.2) is 0 Å². The molecule has 2 aromatic heterocycles. The van der Waals surface area contributed by atoms with Gasteiger partial charge in [-0.15, -0.1) is 0 Å². The molecule has 0 spiro atoms. The predicted octanol–water partition coefficient (Wildman–Crippen LogP) is 3.91. The van der Waals surface area contributed by atoms with E-state index < -0.39 is 0 Å². The molecule has 3 heterocycles. The van der Waals surface area contributed by atoms with Crippen molar-refractivity contribution >= 4 is 0 Å². The average Bonchev–Trinajstić information content (AvgIpc) is 3.17. The second kappa shape index (κ2) is 7.99. The Kier molecular flexibility index (Phi) is 5.74. The van der Waals surface area contributed by atoms with E-state index in [1.54, 1.807) is 0 Å². The molecule has 0 aliphatic carbocycles. The summed E-state index contributed by atoms with van der Waals surface area (Å²) in [5.74, 6) is 2.61. The first-order valence-corrected chi connectivity index (χ1v) is 9.00. The van der Waals surface area contributed by atoms with Gasteiger partial charge in [0.1, 0.15) is 17.6 Å². The normalized spacial score (nSPS) is 18.6. The summed E-state index contributed by atoms with van der Waals surface area (Å²) in [5.41, 5.74) is 1.24. The molecule has 1 aliphatic rings. The van der Waals surface area contributed by atoms with Crippen LogP contribution in [0.4, 0.5) is 0 Å². The minimum atomic E-state index is 0.143. The van der Waals surface area contributed by atoms with E-state index in [1.165, 1.54) is 12.0 Å². The van der Waals surface area contributed by atoms with E-state index in [-0.39, 0.29) is 6.10 Å². The lowest BCUT2D eigenvalue weighted by Gasteiger charge is -2.23. The van der Waals surface area contributed by atoms with Crippen LogP contribution in [0.1, 0.15) is 56.3 Å². The van der Waals surface area contributed by atoms with Gasteiger partial charge in [0, 0.05) is 38.5 Å². The molecule has 5 heteroatoms. The van der Waals surface area contributed by atoms with Crippen LogP contribution in [0, 0.1) is 5.92 Å². The summed E-state index contributed by atoms with van der Waals surface area (Å²) in [6, 6.07) is 4.19. The van der Waals surface area contributed by atoms with Crippen LogP contribution in [0.15, 0.2) is 28.9 Å². The van der Waals surface area contributed by atoms with Crippen molar-refractivity contribution in [1.82, 2.24) is 14.7 Å². The van der Waals surface area contributed by atoms with Gasteiger partial charge in [0.05, 0.1) is 12.7 Å². The fourth-order valence-corrected chi connectivity index (χ4v) is 3.35. The van der Waals surface area contributed by atoms with Gasteiger partial charge >= 0.3 is 0 Å². The molecule has 3 rings (SSSR count). The fraction of sp³-hybridized carbons (Fsp3) is 0.632. The molecule has 0 N–H and O–H groups in total. The molecule has 0 saturated carbocycles. The van der Waals surface area contributed by atoms with Crippen molar-refractivity contribution in [2.45, 2.75) is 52.3 Å². The Labute approximate surface area is 144 Å². The number of ether oxygens (including phenoxy) is 1. The van der Waals surface area contributed by atoms with Gasteiger partial charge < -0.3 is 9.15 Å². The first-order chi connectivity index (χ1) is 11.6. The molecule has 2 aromatic rings. The largest absolute Gasteiger partial charge is 0.462 e. The van der Waals surface area contributed by atoms with Gasteiger partial charge in [0.2, 0.25) is 0 Å². The number of furan rings is 1. The molecular weight excluding hydrogens is 302 g/mol. The highest BCUT2D eigenvalue weighted by atomic mass is 16.5. The highest BCUT2D eigenvalue weighted by Crippen LogP contribution is 2.29. The van der Waals surface area contributed by atoms with Crippen molar-refractivity contribution in [3.63, 3.8) is 0 Å². The van der Waals surface area contributed by atoms with Crippen LogP contribution in [0.3, 0.4) is 0 Å². The second-order valence-corrected chi connectivity index (χ2v) is 7.25. The molecule has 1 atom stereocenters. The fourth-order valence-electron chi connectivity index (χ4n) is 3.35. The minimum absolute atomic E-state index is 0.143. The maximum absolute atomic E-state index is 6.09. The van der Waals surface area contributed by atoms with E-state index in [2.05, 4.69) is 42.2 Å². The van der Waals surface area contributed by atoms with Crippen molar-refractivity contribution < 1.29 is 9.15 Å². The lowest BCUT2D eigenvalue weighted by molar-refractivity contribution is 0.000775. The quantitative estimate of drug-likeness (QED) is 0.771. The SMILES string of the molecule is CC(C)CN(Cc1cnn(C)c1)Cc1ccc([C@H]2CCCCO2)o1. The Morgan fingerprint density at radius 3 is 2.83 bits per heavy atom. The Bertz CT molecular complexity index is 626. The summed E-state index contributed by atoms with van der Waals surface area (Å²) in [6.07, 6.45) is 7.62. The first-order valence-electron chi connectivity index (χ1n) is 9.00. The number of nitrogens with zero attached hydrogens (tertiary/aromatic N) is 3.